The van der Waals surface area contributed by atoms with E-state index in [4.69, 9.17) is 4.74 Å². The van der Waals surface area contributed by atoms with Crippen molar-refractivity contribution in [3.8, 4) is 0 Å². The van der Waals surface area contributed by atoms with Crippen molar-refractivity contribution in [3.05, 3.63) is 47.7 Å². The molecule has 1 aliphatic heterocycles. The van der Waals surface area contributed by atoms with Gasteiger partial charge >= 0.3 is 0 Å². The molecule has 0 spiro atoms. The first-order chi connectivity index (χ1) is 12.2. The third kappa shape index (κ3) is 4.33. The molecule has 6 heteroatoms. The summed E-state index contributed by atoms with van der Waals surface area (Å²) in [5, 5.41) is 11.2. The zero-order valence-electron chi connectivity index (χ0n) is 14.7. The molecule has 1 aromatic carbocycles. The highest BCUT2D eigenvalue weighted by Crippen LogP contribution is 2.23. The van der Waals surface area contributed by atoms with Crippen LogP contribution in [0.15, 0.2) is 36.4 Å². The van der Waals surface area contributed by atoms with Crippen molar-refractivity contribution < 1.29 is 9.53 Å². The van der Waals surface area contributed by atoms with Crippen molar-refractivity contribution in [2.45, 2.75) is 32.8 Å². The molecule has 1 unspecified atom stereocenters. The lowest BCUT2D eigenvalue weighted by atomic mass is 10.2. The van der Waals surface area contributed by atoms with Crippen molar-refractivity contribution >= 4 is 17.4 Å². The quantitative estimate of drug-likeness (QED) is 0.876. The van der Waals surface area contributed by atoms with Crippen LogP contribution in [0.2, 0.25) is 0 Å². The molecule has 1 aromatic heterocycles. The van der Waals surface area contributed by atoms with E-state index < -0.39 is 0 Å². The largest absolute Gasteiger partial charge is 0.376 e. The molecule has 3 rings (SSSR count). The first-order valence-electron chi connectivity index (χ1n) is 8.75. The number of rotatable bonds is 6. The molecule has 2 aromatic rings. The van der Waals surface area contributed by atoms with Gasteiger partial charge in [0.2, 0.25) is 0 Å². The molecule has 25 heavy (non-hydrogen) atoms. The fraction of sp³-hybridized carbons (Fsp3) is 0.421. The van der Waals surface area contributed by atoms with E-state index in [9.17, 15) is 4.79 Å². The zero-order chi connectivity index (χ0) is 17.6. The number of hydrogen-bond donors (Lipinski definition) is 1. The molecular formula is C19H24N4O2. The Balaban J connectivity index is 1.66. The summed E-state index contributed by atoms with van der Waals surface area (Å²) < 4.78 is 5.51. The minimum atomic E-state index is -0.215. The Labute approximate surface area is 148 Å². The zero-order valence-corrected chi connectivity index (χ0v) is 14.7. The van der Waals surface area contributed by atoms with Gasteiger partial charge in [-0.25, -0.2) is 0 Å². The molecule has 1 N–H and O–H groups in total. The van der Waals surface area contributed by atoms with Crippen LogP contribution >= 0.6 is 0 Å². The number of nitrogens with one attached hydrogen (secondary N) is 1. The SMILES string of the molecule is CCN(c1cccc(C)c1)c1ccc(C(=O)NCC2CCCO2)nn1. The van der Waals surface area contributed by atoms with Gasteiger partial charge in [-0.15, -0.1) is 10.2 Å². The summed E-state index contributed by atoms with van der Waals surface area (Å²) in [7, 11) is 0. The van der Waals surface area contributed by atoms with Gasteiger partial charge in [0.25, 0.3) is 5.91 Å². The summed E-state index contributed by atoms with van der Waals surface area (Å²) in [5.41, 5.74) is 2.57. The maximum atomic E-state index is 12.2. The van der Waals surface area contributed by atoms with Crippen molar-refractivity contribution in [1.82, 2.24) is 15.5 Å². The Morgan fingerprint density at radius 3 is 2.84 bits per heavy atom. The van der Waals surface area contributed by atoms with Crippen molar-refractivity contribution in [1.29, 1.82) is 0 Å². The molecule has 1 atom stereocenters. The smallest absolute Gasteiger partial charge is 0.271 e. The van der Waals surface area contributed by atoms with Gasteiger partial charge in [-0.3, -0.25) is 4.79 Å². The molecule has 0 radical (unpaired) electrons. The Kier molecular flexibility index (Phi) is 5.60. The van der Waals surface area contributed by atoms with Crippen LogP contribution < -0.4 is 10.2 Å². The Bertz CT molecular complexity index is 712. The first-order valence-corrected chi connectivity index (χ1v) is 8.75. The first kappa shape index (κ1) is 17.4. The Hall–Kier alpha value is -2.47. The van der Waals surface area contributed by atoms with E-state index in [1.807, 2.05) is 18.2 Å². The van der Waals surface area contributed by atoms with Crippen LogP contribution in [-0.4, -0.2) is 41.9 Å². The normalized spacial score (nSPS) is 16.6. The highest BCUT2D eigenvalue weighted by atomic mass is 16.5. The van der Waals surface area contributed by atoms with Crippen LogP contribution in [0.4, 0.5) is 11.5 Å². The van der Waals surface area contributed by atoms with Gasteiger partial charge in [-0.1, -0.05) is 12.1 Å². The molecule has 1 aliphatic rings. The number of ether oxygens (including phenoxy) is 1. The summed E-state index contributed by atoms with van der Waals surface area (Å²) in [6, 6.07) is 11.8. The number of hydrogen-bond acceptors (Lipinski definition) is 5. The predicted octanol–water partition coefficient (Wildman–Crippen LogP) is 2.85. The van der Waals surface area contributed by atoms with E-state index in [0.717, 1.165) is 37.5 Å². The van der Waals surface area contributed by atoms with E-state index in [0.29, 0.717) is 12.2 Å². The minimum absolute atomic E-state index is 0.119. The lowest BCUT2D eigenvalue weighted by molar-refractivity contribution is 0.0853. The van der Waals surface area contributed by atoms with E-state index >= 15 is 0 Å². The van der Waals surface area contributed by atoms with Gasteiger partial charge in [0.05, 0.1) is 6.10 Å². The van der Waals surface area contributed by atoms with Crippen LogP contribution in [0.3, 0.4) is 0 Å². The van der Waals surface area contributed by atoms with Gasteiger partial charge in [-0.05, 0) is 56.5 Å². The third-order valence-electron chi connectivity index (χ3n) is 4.30. The number of aromatic nitrogens is 2. The highest BCUT2D eigenvalue weighted by Gasteiger charge is 2.18. The summed E-state index contributed by atoms with van der Waals surface area (Å²) in [4.78, 5) is 14.2. The van der Waals surface area contributed by atoms with Crippen LogP contribution in [-0.2, 0) is 4.74 Å². The Morgan fingerprint density at radius 2 is 2.20 bits per heavy atom. The number of aryl methyl sites for hydroxylation is 1. The van der Waals surface area contributed by atoms with Gasteiger partial charge in [0.1, 0.15) is 0 Å². The number of carbonyl (C=O) groups is 1. The van der Waals surface area contributed by atoms with Gasteiger partial charge in [0, 0.05) is 25.4 Å². The molecule has 0 saturated carbocycles. The van der Waals surface area contributed by atoms with Crippen LogP contribution in [0, 0.1) is 6.92 Å². The predicted molar refractivity (Wildman–Crippen MR) is 97.2 cm³/mol. The topological polar surface area (TPSA) is 67.4 Å². The summed E-state index contributed by atoms with van der Waals surface area (Å²) in [6.45, 7) is 6.19. The molecule has 0 aliphatic carbocycles. The second kappa shape index (κ2) is 8.07. The molecule has 132 valence electrons. The van der Waals surface area contributed by atoms with Gasteiger partial charge < -0.3 is 15.0 Å². The average Bonchev–Trinajstić information content (AvgIpc) is 3.15. The monoisotopic (exact) mass is 340 g/mol. The molecule has 1 fully saturated rings. The van der Waals surface area contributed by atoms with Gasteiger partial charge in [-0.2, -0.15) is 0 Å². The number of amides is 1. The Morgan fingerprint density at radius 1 is 1.32 bits per heavy atom. The maximum Gasteiger partial charge on any atom is 0.271 e. The van der Waals surface area contributed by atoms with E-state index in [2.05, 4.69) is 46.4 Å². The summed E-state index contributed by atoms with van der Waals surface area (Å²) >= 11 is 0. The van der Waals surface area contributed by atoms with E-state index in [1.54, 1.807) is 6.07 Å². The average molecular weight is 340 g/mol. The fourth-order valence-electron chi connectivity index (χ4n) is 2.97. The van der Waals surface area contributed by atoms with E-state index in [-0.39, 0.29) is 12.0 Å². The van der Waals surface area contributed by atoms with Crippen LogP contribution in [0.25, 0.3) is 0 Å². The molecule has 2 heterocycles. The lowest BCUT2D eigenvalue weighted by Crippen LogP contribution is -2.32. The number of nitrogens with zero attached hydrogens (tertiary/aromatic N) is 3. The molecule has 0 bridgehead atoms. The number of anilines is 2. The van der Waals surface area contributed by atoms with Crippen molar-refractivity contribution in [2.24, 2.45) is 0 Å². The summed E-state index contributed by atoms with van der Waals surface area (Å²) in [6.07, 6.45) is 2.17. The standard InChI is InChI=1S/C19H24N4O2/c1-3-23(15-7-4-6-14(2)12-15)18-10-9-17(21-22-18)19(24)20-13-16-8-5-11-25-16/h4,6-7,9-10,12,16H,3,5,8,11,13H2,1-2H3,(H,20,24). The molecule has 1 amide bonds. The van der Waals surface area contributed by atoms with Crippen LogP contribution in [0.5, 0.6) is 0 Å². The molecule has 1 saturated heterocycles. The fourth-order valence-corrected chi connectivity index (χ4v) is 2.97. The van der Waals surface area contributed by atoms with Crippen molar-refractivity contribution in [3.63, 3.8) is 0 Å². The molecule has 6 nitrogen and oxygen atoms in total. The van der Waals surface area contributed by atoms with E-state index in [1.165, 1.54) is 5.56 Å². The summed E-state index contributed by atoms with van der Waals surface area (Å²) in [5.74, 6) is 0.511. The number of carbonyl (C=O) groups excluding carboxylic acids is 1. The molecular weight excluding hydrogens is 316 g/mol. The second-order valence-corrected chi connectivity index (χ2v) is 6.21. The second-order valence-electron chi connectivity index (χ2n) is 6.21. The number of benzene rings is 1. The highest BCUT2D eigenvalue weighted by molar-refractivity contribution is 5.92. The lowest BCUT2D eigenvalue weighted by Gasteiger charge is -2.22. The van der Waals surface area contributed by atoms with Gasteiger partial charge in [0.15, 0.2) is 11.5 Å². The minimum Gasteiger partial charge on any atom is -0.376 e. The maximum absolute atomic E-state index is 12.2. The van der Waals surface area contributed by atoms with Crippen LogP contribution in [0.1, 0.15) is 35.8 Å². The van der Waals surface area contributed by atoms with Crippen molar-refractivity contribution in [2.75, 3.05) is 24.6 Å². The third-order valence-corrected chi connectivity index (χ3v) is 4.30.